The first-order chi connectivity index (χ1) is 14.9. The molecule has 3 nitrogen and oxygen atoms in total. The maximum Gasteiger partial charge on any atom is 0.111 e. The first-order valence-corrected chi connectivity index (χ1v) is 10.7. The van der Waals surface area contributed by atoms with Gasteiger partial charge in [-0.3, -0.25) is 4.98 Å². The second-order valence-corrected chi connectivity index (χ2v) is 8.11. The maximum absolute atomic E-state index is 5.15. The molecule has 0 aliphatic rings. The van der Waals surface area contributed by atoms with Crippen LogP contribution in [0.15, 0.2) is 103 Å². The van der Waals surface area contributed by atoms with Crippen LogP contribution in [0.25, 0.3) is 49.4 Å². The molecule has 4 heteroatoms. The van der Waals surface area contributed by atoms with Crippen molar-refractivity contribution in [1.29, 1.82) is 0 Å². The Kier molecular flexibility index (Phi) is 3.96. The van der Waals surface area contributed by atoms with E-state index in [0.29, 0.717) is 0 Å². The van der Waals surface area contributed by atoms with Crippen LogP contribution in [0.3, 0.4) is 0 Å². The lowest BCUT2D eigenvalue weighted by molar-refractivity contribution is 0.974. The molecule has 4 aromatic heterocycles. The predicted octanol–water partition coefficient (Wildman–Crippen LogP) is 6.95. The number of fused-ring (bicyclic) bond motifs is 3. The minimum absolute atomic E-state index is 0.910. The molecule has 0 unspecified atom stereocenters. The molecule has 0 fully saturated rings. The van der Waals surface area contributed by atoms with Gasteiger partial charge in [0.1, 0.15) is 5.69 Å². The monoisotopic (exact) mass is 403 g/mol. The van der Waals surface area contributed by atoms with Crippen LogP contribution in [-0.4, -0.2) is 14.6 Å². The highest BCUT2D eigenvalue weighted by Gasteiger charge is 2.21. The normalized spacial score (nSPS) is 11.3. The van der Waals surface area contributed by atoms with E-state index in [1.807, 2.05) is 24.4 Å². The molecule has 0 amide bonds. The van der Waals surface area contributed by atoms with Crippen molar-refractivity contribution in [2.45, 2.75) is 0 Å². The predicted molar refractivity (Wildman–Crippen MR) is 125 cm³/mol. The topological polar surface area (TPSA) is 30.2 Å². The Morgan fingerprint density at radius 3 is 2.40 bits per heavy atom. The van der Waals surface area contributed by atoms with Gasteiger partial charge in [-0.05, 0) is 40.6 Å². The zero-order valence-electron chi connectivity index (χ0n) is 16.1. The number of rotatable bonds is 3. The molecule has 0 bridgehead atoms. The third kappa shape index (κ3) is 2.65. The zero-order valence-corrected chi connectivity index (χ0v) is 16.9. The van der Waals surface area contributed by atoms with Gasteiger partial charge in [0.2, 0.25) is 0 Å². The largest absolute Gasteiger partial charge is 0.255 e. The van der Waals surface area contributed by atoms with Crippen molar-refractivity contribution in [2.24, 2.45) is 0 Å². The minimum Gasteiger partial charge on any atom is -0.255 e. The Hall–Kier alpha value is -3.76. The van der Waals surface area contributed by atoms with Crippen LogP contribution in [0.5, 0.6) is 0 Å². The van der Waals surface area contributed by atoms with Gasteiger partial charge in [-0.2, -0.15) is 5.10 Å². The summed E-state index contributed by atoms with van der Waals surface area (Å²) in [6.45, 7) is 0. The maximum atomic E-state index is 5.15. The van der Waals surface area contributed by atoms with Gasteiger partial charge in [-0.1, -0.05) is 66.7 Å². The molecule has 0 saturated carbocycles. The van der Waals surface area contributed by atoms with Crippen molar-refractivity contribution in [1.82, 2.24) is 14.6 Å². The Bertz CT molecular complexity index is 1470. The van der Waals surface area contributed by atoms with E-state index >= 15 is 0 Å². The minimum atomic E-state index is 0.910. The first-order valence-electron chi connectivity index (χ1n) is 9.85. The molecule has 0 aliphatic heterocycles. The summed E-state index contributed by atoms with van der Waals surface area (Å²) in [4.78, 5) is 5.78. The van der Waals surface area contributed by atoms with Crippen molar-refractivity contribution in [3.63, 3.8) is 0 Å². The van der Waals surface area contributed by atoms with Crippen LogP contribution >= 0.6 is 11.3 Å². The van der Waals surface area contributed by atoms with E-state index in [-0.39, 0.29) is 0 Å². The van der Waals surface area contributed by atoms with Crippen LogP contribution in [-0.2, 0) is 0 Å². The fourth-order valence-electron chi connectivity index (χ4n) is 4.05. The van der Waals surface area contributed by atoms with Gasteiger partial charge in [0, 0.05) is 17.1 Å². The standard InChI is InChI=1S/C26H17N3S/c1-2-9-18(10-3-1)24-25(23-14-8-16-30-23)28-29-22(21-13-6-7-15-27-21)17-19-11-4-5-12-20(19)26(24)29/h1-17H. The Morgan fingerprint density at radius 2 is 1.60 bits per heavy atom. The summed E-state index contributed by atoms with van der Waals surface area (Å²) in [5.74, 6) is 0. The van der Waals surface area contributed by atoms with E-state index in [2.05, 4.69) is 87.7 Å². The van der Waals surface area contributed by atoms with Crippen molar-refractivity contribution in [2.75, 3.05) is 0 Å². The number of aromatic nitrogens is 3. The van der Waals surface area contributed by atoms with Crippen molar-refractivity contribution in [3.05, 3.63) is 103 Å². The summed E-state index contributed by atoms with van der Waals surface area (Å²) in [7, 11) is 0. The van der Waals surface area contributed by atoms with Crippen LogP contribution in [0.2, 0.25) is 0 Å². The Balaban J connectivity index is 1.83. The molecule has 30 heavy (non-hydrogen) atoms. The first kappa shape index (κ1) is 17.1. The number of nitrogens with zero attached hydrogens (tertiary/aromatic N) is 3. The van der Waals surface area contributed by atoms with Gasteiger partial charge in [-0.15, -0.1) is 11.3 Å². The molecule has 0 atom stereocenters. The fraction of sp³-hybridized carbons (Fsp3) is 0. The zero-order chi connectivity index (χ0) is 19.9. The SMILES string of the molecule is c1ccc(-c2c(-c3cccs3)nn3c(-c4ccccn4)cc4ccccc4c23)cc1. The van der Waals surface area contributed by atoms with Crippen LogP contribution < -0.4 is 0 Å². The summed E-state index contributed by atoms with van der Waals surface area (Å²) in [5.41, 5.74) is 6.34. The van der Waals surface area contributed by atoms with Crippen molar-refractivity contribution >= 4 is 27.6 Å². The van der Waals surface area contributed by atoms with Crippen LogP contribution in [0.1, 0.15) is 0 Å². The van der Waals surface area contributed by atoms with Crippen molar-refractivity contribution in [3.8, 4) is 33.1 Å². The van der Waals surface area contributed by atoms with Gasteiger partial charge in [0.25, 0.3) is 0 Å². The molecule has 4 heterocycles. The van der Waals surface area contributed by atoms with E-state index in [0.717, 1.165) is 33.0 Å². The molecule has 2 aromatic carbocycles. The van der Waals surface area contributed by atoms with Gasteiger partial charge in [0.15, 0.2) is 0 Å². The highest BCUT2D eigenvalue weighted by atomic mass is 32.1. The molecule has 0 saturated heterocycles. The van der Waals surface area contributed by atoms with Gasteiger partial charge >= 0.3 is 0 Å². The molecule has 0 radical (unpaired) electrons. The van der Waals surface area contributed by atoms with Crippen LogP contribution in [0, 0.1) is 0 Å². The summed E-state index contributed by atoms with van der Waals surface area (Å²) in [6.07, 6.45) is 1.83. The van der Waals surface area contributed by atoms with Crippen molar-refractivity contribution < 1.29 is 0 Å². The second-order valence-electron chi connectivity index (χ2n) is 7.16. The highest BCUT2D eigenvalue weighted by Crippen LogP contribution is 2.41. The summed E-state index contributed by atoms with van der Waals surface area (Å²) in [5, 5.41) is 9.62. The summed E-state index contributed by atoms with van der Waals surface area (Å²) in [6, 6.07) is 31.5. The second kappa shape index (κ2) is 6.94. The summed E-state index contributed by atoms with van der Waals surface area (Å²) >= 11 is 1.72. The highest BCUT2D eigenvalue weighted by molar-refractivity contribution is 7.13. The summed E-state index contributed by atoms with van der Waals surface area (Å²) < 4.78 is 2.07. The van der Waals surface area contributed by atoms with Gasteiger partial charge < -0.3 is 0 Å². The molecular formula is C26H17N3S. The van der Waals surface area contributed by atoms with E-state index in [9.17, 15) is 0 Å². The van der Waals surface area contributed by atoms with E-state index < -0.39 is 0 Å². The Labute approximate surface area is 177 Å². The molecule has 0 spiro atoms. The number of hydrogen-bond donors (Lipinski definition) is 0. The van der Waals surface area contributed by atoms with Gasteiger partial charge in [-0.25, -0.2) is 4.52 Å². The Morgan fingerprint density at radius 1 is 0.767 bits per heavy atom. The third-order valence-corrected chi connectivity index (χ3v) is 6.24. The fourth-order valence-corrected chi connectivity index (χ4v) is 4.76. The van der Waals surface area contributed by atoms with E-state index in [1.165, 1.54) is 16.3 Å². The number of thiophene rings is 1. The smallest absolute Gasteiger partial charge is 0.111 e. The lowest BCUT2D eigenvalue weighted by atomic mass is 9.99. The molecule has 6 rings (SSSR count). The average molecular weight is 404 g/mol. The number of pyridine rings is 2. The lowest BCUT2D eigenvalue weighted by Crippen LogP contribution is -1.97. The van der Waals surface area contributed by atoms with E-state index in [4.69, 9.17) is 5.10 Å². The number of benzene rings is 2. The van der Waals surface area contributed by atoms with E-state index in [1.54, 1.807) is 11.3 Å². The average Bonchev–Trinajstić information content (AvgIpc) is 3.48. The molecule has 6 aromatic rings. The molecule has 0 N–H and O–H groups in total. The third-order valence-electron chi connectivity index (χ3n) is 5.37. The lowest BCUT2D eigenvalue weighted by Gasteiger charge is -2.09. The molecule has 0 aliphatic carbocycles. The number of hydrogen-bond acceptors (Lipinski definition) is 3. The quantitative estimate of drug-likeness (QED) is 0.320. The van der Waals surface area contributed by atoms with Gasteiger partial charge in [0.05, 0.1) is 21.8 Å². The molecular weight excluding hydrogens is 386 g/mol. The van der Waals surface area contributed by atoms with Crippen LogP contribution in [0.4, 0.5) is 0 Å². The molecule has 142 valence electrons.